The largest absolute Gasteiger partial charge is 0.459 e. The molecule has 3 N–H and O–H groups in total. The number of aryl methyl sites for hydroxylation is 1. The van der Waals surface area contributed by atoms with E-state index in [4.69, 9.17) is 4.42 Å². The minimum Gasteiger partial charge on any atom is -0.459 e. The fraction of sp³-hybridized carbons (Fsp3) is 0.696. The van der Waals surface area contributed by atoms with E-state index in [-0.39, 0.29) is 17.9 Å². The molecular weight excluding hydrogens is 394 g/mol. The van der Waals surface area contributed by atoms with Gasteiger partial charge in [0.15, 0.2) is 11.7 Å². The third-order valence-electron chi connectivity index (χ3n) is 6.10. The van der Waals surface area contributed by atoms with Crippen LogP contribution >= 0.6 is 0 Å². The van der Waals surface area contributed by atoms with Crippen molar-refractivity contribution in [3.05, 3.63) is 23.7 Å². The number of carbonyl (C=O) groups excluding carboxylic acids is 2. The van der Waals surface area contributed by atoms with Gasteiger partial charge in [-0.1, -0.05) is 19.3 Å². The summed E-state index contributed by atoms with van der Waals surface area (Å²) in [7, 11) is 0. The van der Waals surface area contributed by atoms with Crippen molar-refractivity contribution in [1.82, 2.24) is 20.9 Å². The normalized spacial score (nSPS) is 20.0. The zero-order valence-electron chi connectivity index (χ0n) is 18.9. The van der Waals surface area contributed by atoms with Gasteiger partial charge in [-0.15, -0.1) is 0 Å². The van der Waals surface area contributed by atoms with E-state index in [1.807, 2.05) is 18.7 Å². The van der Waals surface area contributed by atoms with Gasteiger partial charge in [-0.3, -0.25) is 14.6 Å². The van der Waals surface area contributed by atoms with Gasteiger partial charge in [0.25, 0.3) is 5.91 Å². The monoisotopic (exact) mass is 431 g/mol. The number of hydrogen-bond acceptors (Lipinski definition) is 4. The van der Waals surface area contributed by atoms with E-state index in [0.29, 0.717) is 24.8 Å². The average molecular weight is 432 g/mol. The number of likely N-dealkylation sites (tertiary alicyclic amines) is 1. The summed E-state index contributed by atoms with van der Waals surface area (Å²) in [5.74, 6) is 1.52. The Morgan fingerprint density at radius 3 is 2.71 bits per heavy atom. The van der Waals surface area contributed by atoms with Crippen LogP contribution in [-0.4, -0.2) is 61.4 Å². The first kappa shape index (κ1) is 23.2. The van der Waals surface area contributed by atoms with E-state index in [0.717, 1.165) is 56.8 Å². The molecule has 2 fully saturated rings. The fourth-order valence-electron chi connectivity index (χ4n) is 4.36. The predicted molar refractivity (Wildman–Crippen MR) is 121 cm³/mol. The van der Waals surface area contributed by atoms with Gasteiger partial charge in [-0.25, -0.2) is 0 Å². The van der Waals surface area contributed by atoms with Gasteiger partial charge in [-0.05, 0) is 45.6 Å². The molecule has 172 valence electrons. The van der Waals surface area contributed by atoms with Crippen LogP contribution < -0.4 is 16.0 Å². The number of nitrogens with zero attached hydrogens (tertiary/aromatic N) is 2. The Hall–Kier alpha value is -2.51. The van der Waals surface area contributed by atoms with Crippen LogP contribution in [0.5, 0.6) is 0 Å². The molecule has 2 aliphatic rings. The van der Waals surface area contributed by atoms with Gasteiger partial charge >= 0.3 is 0 Å². The lowest BCUT2D eigenvalue weighted by Crippen LogP contribution is -2.45. The van der Waals surface area contributed by atoms with Crippen LogP contribution in [-0.2, 0) is 4.79 Å². The Kier molecular flexibility index (Phi) is 8.79. The van der Waals surface area contributed by atoms with Crippen molar-refractivity contribution >= 4 is 17.8 Å². The number of aliphatic imine (C=N–C) groups is 1. The second-order valence-electron chi connectivity index (χ2n) is 8.55. The first-order chi connectivity index (χ1) is 15.1. The topological polar surface area (TPSA) is 99.0 Å². The van der Waals surface area contributed by atoms with Crippen molar-refractivity contribution in [2.45, 2.75) is 64.8 Å². The summed E-state index contributed by atoms with van der Waals surface area (Å²) in [6.45, 7) is 7.38. The first-order valence-electron chi connectivity index (χ1n) is 11.7. The molecule has 1 saturated heterocycles. The maximum absolute atomic E-state index is 12.8. The molecule has 0 bridgehead atoms. The third-order valence-corrected chi connectivity index (χ3v) is 6.10. The highest BCUT2D eigenvalue weighted by atomic mass is 16.3. The highest BCUT2D eigenvalue weighted by Gasteiger charge is 2.31. The molecule has 8 heteroatoms. The standard InChI is InChI=1S/C23H37N5O3/c1-3-24-23(26-13-7-12-25-21(29)20-17(2)11-15-31-20)27-19-10-14-28(16-19)22(30)18-8-5-4-6-9-18/h11,15,18-19H,3-10,12-14,16H2,1-2H3,(H,25,29)(H2,24,26,27). The lowest BCUT2D eigenvalue weighted by molar-refractivity contribution is -0.135. The molecule has 1 unspecified atom stereocenters. The van der Waals surface area contributed by atoms with E-state index >= 15 is 0 Å². The summed E-state index contributed by atoms with van der Waals surface area (Å²) in [6.07, 6.45) is 8.94. The molecule has 2 amide bonds. The van der Waals surface area contributed by atoms with Crippen molar-refractivity contribution in [3.63, 3.8) is 0 Å². The summed E-state index contributed by atoms with van der Waals surface area (Å²) >= 11 is 0. The summed E-state index contributed by atoms with van der Waals surface area (Å²) in [6, 6.07) is 2.01. The quantitative estimate of drug-likeness (QED) is 0.334. The second-order valence-corrected chi connectivity index (χ2v) is 8.55. The van der Waals surface area contributed by atoms with Gasteiger partial charge in [-0.2, -0.15) is 0 Å². The van der Waals surface area contributed by atoms with Crippen LogP contribution in [0.2, 0.25) is 0 Å². The van der Waals surface area contributed by atoms with Crippen LogP contribution in [0.15, 0.2) is 21.7 Å². The molecular formula is C23H37N5O3. The Bertz CT molecular complexity index is 754. The zero-order chi connectivity index (χ0) is 22.1. The van der Waals surface area contributed by atoms with Crippen LogP contribution in [0.3, 0.4) is 0 Å². The molecule has 1 aliphatic heterocycles. The minimum atomic E-state index is -0.190. The van der Waals surface area contributed by atoms with E-state index in [9.17, 15) is 9.59 Å². The molecule has 1 saturated carbocycles. The number of furan rings is 1. The van der Waals surface area contributed by atoms with Gasteiger partial charge in [0.2, 0.25) is 5.91 Å². The lowest BCUT2D eigenvalue weighted by atomic mass is 9.88. The number of guanidine groups is 1. The van der Waals surface area contributed by atoms with Crippen LogP contribution in [0.25, 0.3) is 0 Å². The molecule has 31 heavy (non-hydrogen) atoms. The second kappa shape index (κ2) is 11.8. The molecule has 1 atom stereocenters. The molecule has 3 rings (SSSR count). The molecule has 8 nitrogen and oxygen atoms in total. The fourth-order valence-corrected chi connectivity index (χ4v) is 4.36. The molecule has 1 aliphatic carbocycles. The number of nitrogens with one attached hydrogen (secondary N) is 3. The van der Waals surface area contributed by atoms with Crippen molar-refractivity contribution in [3.8, 4) is 0 Å². The van der Waals surface area contributed by atoms with Crippen molar-refractivity contribution < 1.29 is 14.0 Å². The highest BCUT2D eigenvalue weighted by Crippen LogP contribution is 2.26. The van der Waals surface area contributed by atoms with E-state index in [1.165, 1.54) is 25.5 Å². The van der Waals surface area contributed by atoms with E-state index in [2.05, 4.69) is 20.9 Å². The van der Waals surface area contributed by atoms with E-state index in [1.54, 1.807) is 6.07 Å². The Labute approximate surface area is 185 Å². The third kappa shape index (κ3) is 6.74. The molecule has 0 spiro atoms. The molecule has 0 aromatic carbocycles. The Morgan fingerprint density at radius 1 is 1.19 bits per heavy atom. The lowest BCUT2D eigenvalue weighted by Gasteiger charge is -2.26. The number of hydrogen-bond donors (Lipinski definition) is 3. The van der Waals surface area contributed by atoms with Crippen molar-refractivity contribution in [2.75, 3.05) is 32.7 Å². The maximum Gasteiger partial charge on any atom is 0.287 e. The number of carbonyl (C=O) groups is 2. The maximum atomic E-state index is 12.8. The van der Waals surface area contributed by atoms with Crippen LogP contribution in [0, 0.1) is 12.8 Å². The molecule has 1 aromatic heterocycles. The number of amides is 2. The Balaban J connectivity index is 1.39. The summed E-state index contributed by atoms with van der Waals surface area (Å²) in [4.78, 5) is 31.5. The SMILES string of the molecule is CCNC(=NCCCNC(=O)c1occc1C)NC1CCN(C(=O)C2CCCCC2)C1. The van der Waals surface area contributed by atoms with Gasteiger partial charge in [0.1, 0.15) is 0 Å². The van der Waals surface area contributed by atoms with Crippen molar-refractivity contribution in [1.29, 1.82) is 0 Å². The minimum absolute atomic E-state index is 0.190. The highest BCUT2D eigenvalue weighted by molar-refractivity contribution is 5.92. The van der Waals surface area contributed by atoms with Crippen LogP contribution in [0.1, 0.15) is 68.0 Å². The summed E-state index contributed by atoms with van der Waals surface area (Å²) in [5.41, 5.74) is 0.835. The van der Waals surface area contributed by atoms with Crippen molar-refractivity contribution in [2.24, 2.45) is 10.9 Å². The average Bonchev–Trinajstić information content (AvgIpc) is 3.42. The summed E-state index contributed by atoms with van der Waals surface area (Å²) in [5, 5.41) is 9.62. The van der Waals surface area contributed by atoms with Gasteiger partial charge < -0.3 is 25.3 Å². The molecule has 1 aromatic rings. The Morgan fingerprint density at radius 2 is 2.00 bits per heavy atom. The first-order valence-corrected chi connectivity index (χ1v) is 11.7. The zero-order valence-corrected chi connectivity index (χ0v) is 18.9. The summed E-state index contributed by atoms with van der Waals surface area (Å²) < 4.78 is 5.20. The molecule has 0 radical (unpaired) electrons. The number of rotatable bonds is 8. The smallest absolute Gasteiger partial charge is 0.287 e. The van der Waals surface area contributed by atoms with Gasteiger partial charge in [0.05, 0.1) is 6.26 Å². The van der Waals surface area contributed by atoms with Crippen LogP contribution in [0.4, 0.5) is 0 Å². The van der Waals surface area contributed by atoms with E-state index < -0.39 is 0 Å². The van der Waals surface area contributed by atoms with Gasteiger partial charge in [0, 0.05) is 50.2 Å². The predicted octanol–water partition coefficient (Wildman–Crippen LogP) is 2.44. The molecule has 2 heterocycles.